The maximum atomic E-state index is 11.8. The maximum Gasteiger partial charge on any atom is 0.306 e. The molecule has 0 aromatic heterocycles. The summed E-state index contributed by atoms with van der Waals surface area (Å²) in [6.07, 6.45) is -2.27. The zero-order valence-corrected chi connectivity index (χ0v) is 15.5. The zero-order valence-electron chi connectivity index (χ0n) is 15.5. The average Bonchev–Trinajstić information content (AvgIpc) is 2.57. The number of carbonyl (C=O) groups excluding carboxylic acids is 2. The fourth-order valence-corrected chi connectivity index (χ4v) is 2.24. The van der Waals surface area contributed by atoms with Gasteiger partial charge < -0.3 is 24.8 Å². The van der Waals surface area contributed by atoms with Gasteiger partial charge in [0.25, 0.3) is 0 Å². The van der Waals surface area contributed by atoms with Crippen molar-refractivity contribution in [3.8, 4) is 5.75 Å². The Morgan fingerprint density at radius 1 is 1.15 bits per heavy atom. The molecule has 7 nitrogen and oxygen atoms in total. The van der Waals surface area contributed by atoms with Gasteiger partial charge in [0.15, 0.2) is 5.78 Å². The summed E-state index contributed by atoms with van der Waals surface area (Å²) < 4.78 is 10.9. The van der Waals surface area contributed by atoms with Crippen molar-refractivity contribution in [2.24, 2.45) is 0 Å². The van der Waals surface area contributed by atoms with E-state index < -0.39 is 30.2 Å². The van der Waals surface area contributed by atoms with Crippen LogP contribution >= 0.6 is 0 Å². The number of ether oxygens (including phenoxy) is 2. The number of Topliss-reactive ketones (excluding diaryl/α,β-unsaturated/α-hetero) is 1. The Hall–Kier alpha value is -1.96. The number of ketones is 1. The first-order valence-corrected chi connectivity index (χ1v) is 8.56. The van der Waals surface area contributed by atoms with Gasteiger partial charge in [-0.2, -0.15) is 0 Å². The van der Waals surface area contributed by atoms with Gasteiger partial charge in [-0.05, 0) is 38.8 Å². The topological polar surface area (TPSA) is 113 Å². The number of hydrogen-bond donors (Lipinski definition) is 3. The Balaban J connectivity index is 2.53. The molecule has 0 heterocycles. The number of benzene rings is 1. The molecule has 26 heavy (non-hydrogen) atoms. The molecule has 0 spiro atoms. The number of hydrogen-bond acceptors (Lipinski definition) is 7. The lowest BCUT2D eigenvalue weighted by atomic mass is 10.1. The Morgan fingerprint density at radius 2 is 1.81 bits per heavy atom. The molecule has 0 saturated carbocycles. The second kappa shape index (κ2) is 10.3. The van der Waals surface area contributed by atoms with Crippen LogP contribution in [0.4, 0.5) is 0 Å². The number of carbonyl (C=O) groups is 2. The fraction of sp³-hybridized carbons (Fsp3) is 0.579. The third-order valence-electron chi connectivity index (χ3n) is 3.51. The van der Waals surface area contributed by atoms with Crippen molar-refractivity contribution in [3.63, 3.8) is 0 Å². The Bertz CT molecular complexity index is 592. The lowest BCUT2D eigenvalue weighted by Gasteiger charge is -2.20. The highest BCUT2D eigenvalue weighted by atomic mass is 16.6. The van der Waals surface area contributed by atoms with Crippen LogP contribution in [0.15, 0.2) is 24.3 Å². The molecule has 0 aliphatic rings. The highest BCUT2D eigenvalue weighted by molar-refractivity contribution is 5.84. The van der Waals surface area contributed by atoms with Gasteiger partial charge in [0.2, 0.25) is 0 Å². The highest BCUT2D eigenvalue weighted by Crippen LogP contribution is 2.21. The van der Waals surface area contributed by atoms with E-state index in [2.05, 4.69) is 0 Å². The summed E-state index contributed by atoms with van der Waals surface area (Å²) in [5, 5.41) is 27.9. The summed E-state index contributed by atoms with van der Waals surface area (Å²) in [6.45, 7) is 4.67. The maximum absolute atomic E-state index is 11.8. The number of aryl methyl sites for hydroxylation is 1. The lowest BCUT2D eigenvalue weighted by molar-refractivity contribution is -0.154. The third kappa shape index (κ3) is 7.95. The van der Waals surface area contributed by atoms with Gasteiger partial charge in [-0.15, -0.1) is 0 Å². The molecular formula is C19H28O7. The highest BCUT2D eigenvalue weighted by Gasteiger charge is 2.23. The van der Waals surface area contributed by atoms with Crippen LogP contribution in [0.25, 0.3) is 0 Å². The molecule has 7 heteroatoms. The molecule has 0 bridgehead atoms. The summed E-state index contributed by atoms with van der Waals surface area (Å²) in [6, 6.07) is 7.19. The van der Waals surface area contributed by atoms with E-state index in [1.54, 1.807) is 12.1 Å². The largest absolute Gasteiger partial charge is 0.493 e. The second-order valence-corrected chi connectivity index (χ2v) is 6.97. The molecule has 2 atom stereocenters. The average molecular weight is 368 g/mol. The molecule has 0 amide bonds. The number of esters is 1. The quantitative estimate of drug-likeness (QED) is 0.528. The molecule has 146 valence electrons. The number of para-hydroxylation sites is 1. The van der Waals surface area contributed by atoms with Crippen LogP contribution < -0.4 is 4.74 Å². The van der Waals surface area contributed by atoms with Crippen molar-refractivity contribution in [2.75, 3.05) is 13.2 Å². The van der Waals surface area contributed by atoms with Gasteiger partial charge in [0, 0.05) is 12.8 Å². The standard InChI is InChI=1S/C19H28O7/c1-19(2,3)26-17(23)9-8-13-6-4-5-7-16(13)25-11-10-14(21)18(24)15(22)12-20/h4-7,14,18,20-21,24H,8-12H2,1-3H3/t14-,18+/m0/s1. The van der Waals surface area contributed by atoms with E-state index in [0.29, 0.717) is 12.2 Å². The van der Waals surface area contributed by atoms with Gasteiger partial charge in [0.1, 0.15) is 24.1 Å². The SMILES string of the molecule is CC(C)(C)OC(=O)CCc1ccccc1OCC[C@H](O)[C@@H](O)C(=O)CO. The van der Waals surface area contributed by atoms with Crippen LogP contribution in [0, 0.1) is 0 Å². The predicted octanol–water partition coefficient (Wildman–Crippen LogP) is 1.01. The van der Waals surface area contributed by atoms with Crippen LogP contribution in [0.5, 0.6) is 5.75 Å². The van der Waals surface area contributed by atoms with Crippen LogP contribution in [-0.2, 0) is 20.7 Å². The minimum absolute atomic E-state index is 0.0211. The first-order chi connectivity index (χ1) is 12.1. The van der Waals surface area contributed by atoms with Crippen molar-refractivity contribution >= 4 is 11.8 Å². The third-order valence-corrected chi connectivity index (χ3v) is 3.51. The summed E-state index contributed by atoms with van der Waals surface area (Å²) in [5.41, 5.74) is 0.288. The van der Waals surface area contributed by atoms with E-state index in [9.17, 15) is 19.8 Å². The minimum atomic E-state index is -1.63. The van der Waals surface area contributed by atoms with Crippen LogP contribution in [-0.4, -0.2) is 58.1 Å². The molecule has 0 aliphatic carbocycles. The predicted molar refractivity (Wildman–Crippen MR) is 94.8 cm³/mol. The van der Waals surface area contributed by atoms with E-state index in [4.69, 9.17) is 14.6 Å². The van der Waals surface area contributed by atoms with E-state index in [0.717, 1.165) is 5.56 Å². The fourth-order valence-electron chi connectivity index (χ4n) is 2.24. The Labute approximate surface area is 153 Å². The van der Waals surface area contributed by atoms with Gasteiger partial charge in [-0.1, -0.05) is 18.2 Å². The molecule has 1 aromatic carbocycles. The summed E-state index contributed by atoms with van der Waals surface area (Å²) in [4.78, 5) is 23.0. The smallest absolute Gasteiger partial charge is 0.306 e. The first kappa shape index (κ1) is 22.1. The second-order valence-electron chi connectivity index (χ2n) is 6.97. The van der Waals surface area contributed by atoms with Crippen molar-refractivity contribution in [1.29, 1.82) is 0 Å². The van der Waals surface area contributed by atoms with E-state index in [-0.39, 0.29) is 25.4 Å². The molecule has 0 fully saturated rings. The lowest BCUT2D eigenvalue weighted by Crippen LogP contribution is -2.36. The van der Waals surface area contributed by atoms with Crippen LogP contribution in [0.1, 0.15) is 39.2 Å². The van der Waals surface area contributed by atoms with Crippen molar-refractivity contribution in [1.82, 2.24) is 0 Å². The number of aliphatic hydroxyl groups is 3. The Morgan fingerprint density at radius 3 is 2.42 bits per heavy atom. The van der Waals surface area contributed by atoms with Crippen LogP contribution in [0.2, 0.25) is 0 Å². The molecule has 0 unspecified atom stereocenters. The van der Waals surface area contributed by atoms with Gasteiger partial charge >= 0.3 is 5.97 Å². The molecule has 0 saturated heterocycles. The molecule has 1 aromatic rings. The first-order valence-electron chi connectivity index (χ1n) is 8.56. The molecule has 3 N–H and O–H groups in total. The van der Waals surface area contributed by atoms with Crippen LogP contribution in [0.3, 0.4) is 0 Å². The molecular weight excluding hydrogens is 340 g/mol. The van der Waals surface area contributed by atoms with Gasteiger partial charge in [-0.25, -0.2) is 0 Å². The van der Waals surface area contributed by atoms with E-state index in [1.807, 2.05) is 32.9 Å². The zero-order chi connectivity index (χ0) is 19.7. The molecule has 0 aliphatic heterocycles. The number of rotatable bonds is 10. The van der Waals surface area contributed by atoms with Gasteiger partial charge in [-0.3, -0.25) is 9.59 Å². The molecule has 1 rings (SSSR count). The summed E-state index contributed by atoms with van der Waals surface area (Å²) >= 11 is 0. The van der Waals surface area contributed by atoms with Gasteiger partial charge in [0.05, 0.1) is 12.7 Å². The summed E-state index contributed by atoms with van der Waals surface area (Å²) in [5.74, 6) is -0.574. The monoisotopic (exact) mass is 368 g/mol. The van der Waals surface area contributed by atoms with Crippen molar-refractivity contribution in [2.45, 2.75) is 57.8 Å². The Kier molecular flexibility index (Phi) is 8.71. The number of aliphatic hydroxyl groups excluding tert-OH is 3. The molecule has 0 radical (unpaired) electrons. The summed E-state index contributed by atoms with van der Waals surface area (Å²) in [7, 11) is 0. The van der Waals surface area contributed by atoms with E-state index >= 15 is 0 Å². The normalized spacial score (nSPS) is 13.8. The minimum Gasteiger partial charge on any atom is -0.493 e. The van der Waals surface area contributed by atoms with E-state index in [1.165, 1.54) is 0 Å². The van der Waals surface area contributed by atoms with Crippen molar-refractivity contribution < 1.29 is 34.4 Å². The van der Waals surface area contributed by atoms with Crippen molar-refractivity contribution in [3.05, 3.63) is 29.8 Å².